The van der Waals surface area contributed by atoms with E-state index in [0.717, 1.165) is 15.6 Å². The fourth-order valence-electron chi connectivity index (χ4n) is 3.93. The fourth-order valence-corrected chi connectivity index (χ4v) is 3.93. The Morgan fingerprint density at radius 1 is 1.32 bits per heavy atom. The molecule has 12 heteroatoms. The summed E-state index contributed by atoms with van der Waals surface area (Å²) in [6, 6.07) is 7.71. The van der Waals surface area contributed by atoms with Crippen LogP contribution in [0.4, 0.5) is 0 Å². The second-order valence-corrected chi connectivity index (χ2v) is 8.08. The number of aliphatic hydroxyl groups excluding tert-OH is 2. The van der Waals surface area contributed by atoms with Gasteiger partial charge in [0.1, 0.15) is 18.3 Å². The van der Waals surface area contributed by atoms with E-state index in [-0.39, 0.29) is 24.5 Å². The van der Waals surface area contributed by atoms with Crippen LogP contribution in [0.25, 0.3) is 11.0 Å². The molecule has 2 aromatic heterocycles. The van der Waals surface area contributed by atoms with Crippen molar-refractivity contribution in [2.24, 2.45) is 0 Å². The summed E-state index contributed by atoms with van der Waals surface area (Å²) in [5.41, 5.74) is 0.870. The molecule has 3 aromatic rings. The largest absolute Gasteiger partial charge is 0.394 e. The third-order valence-corrected chi connectivity index (χ3v) is 5.75. The van der Waals surface area contributed by atoms with E-state index in [1.54, 1.807) is 6.33 Å². The number of rotatable bonds is 9. The first-order valence-electron chi connectivity index (χ1n) is 10.9. The molecule has 1 amide bonds. The quantitative estimate of drug-likeness (QED) is 0.309. The van der Waals surface area contributed by atoms with Crippen LogP contribution in [-0.4, -0.2) is 73.3 Å². The molecule has 0 saturated carbocycles. The molecule has 4 rings (SSSR count). The Hall–Kier alpha value is -3.32. The van der Waals surface area contributed by atoms with Crippen LogP contribution in [0.5, 0.6) is 0 Å². The predicted octanol–water partition coefficient (Wildman–Crippen LogP) is -0.963. The summed E-state index contributed by atoms with van der Waals surface area (Å²) in [5, 5.41) is 22.8. The Labute approximate surface area is 193 Å². The number of ether oxygens (including phenoxy) is 2. The number of aromatic nitrogens is 4. The van der Waals surface area contributed by atoms with Gasteiger partial charge in [0.15, 0.2) is 6.23 Å². The number of benzene rings is 1. The van der Waals surface area contributed by atoms with Crippen LogP contribution < -0.4 is 16.6 Å². The lowest BCUT2D eigenvalue weighted by Crippen LogP contribution is -2.40. The summed E-state index contributed by atoms with van der Waals surface area (Å²) < 4.78 is 14.4. The number of imidazole rings is 1. The van der Waals surface area contributed by atoms with Crippen molar-refractivity contribution in [2.45, 2.75) is 44.4 Å². The highest BCUT2D eigenvalue weighted by Gasteiger charge is 2.45. The number of aryl methyl sites for hydroxylation is 1. The molecule has 2 unspecified atom stereocenters. The molecule has 182 valence electrons. The highest BCUT2D eigenvalue weighted by molar-refractivity contribution is 5.76. The summed E-state index contributed by atoms with van der Waals surface area (Å²) in [7, 11) is 0. The maximum Gasteiger partial charge on any atom is 0.330 e. The maximum absolute atomic E-state index is 12.3. The summed E-state index contributed by atoms with van der Waals surface area (Å²) >= 11 is 0. The molecular weight excluding hydrogens is 446 g/mol. The van der Waals surface area contributed by atoms with Crippen LogP contribution in [0.3, 0.4) is 0 Å². The number of amides is 1. The van der Waals surface area contributed by atoms with E-state index < -0.39 is 42.4 Å². The Balaban J connectivity index is 1.32. The first kappa shape index (κ1) is 23.8. The Kier molecular flexibility index (Phi) is 7.22. The topological polar surface area (TPSA) is 161 Å². The molecule has 34 heavy (non-hydrogen) atoms. The zero-order chi connectivity index (χ0) is 24.2. The molecule has 1 saturated heterocycles. The molecule has 4 N–H and O–H groups in total. The van der Waals surface area contributed by atoms with Crippen molar-refractivity contribution < 1.29 is 24.5 Å². The first-order valence-corrected chi connectivity index (χ1v) is 10.9. The molecule has 0 bridgehead atoms. The van der Waals surface area contributed by atoms with Crippen LogP contribution in [0, 0.1) is 6.92 Å². The number of fused-ring (bicyclic) bond motifs is 1. The van der Waals surface area contributed by atoms with E-state index in [2.05, 4.69) is 15.3 Å². The highest BCUT2D eigenvalue weighted by Crippen LogP contribution is 2.30. The average Bonchev–Trinajstić information content (AvgIpc) is 3.37. The fraction of sp³-hybridized carbons (Fsp3) is 0.455. The van der Waals surface area contributed by atoms with Gasteiger partial charge in [-0.15, -0.1) is 0 Å². The lowest BCUT2D eigenvalue weighted by Gasteiger charge is -2.22. The van der Waals surface area contributed by atoms with Crippen molar-refractivity contribution in [3.8, 4) is 0 Å². The van der Waals surface area contributed by atoms with Gasteiger partial charge in [-0.1, -0.05) is 12.1 Å². The number of aliphatic hydroxyl groups is 2. The van der Waals surface area contributed by atoms with Gasteiger partial charge < -0.3 is 29.6 Å². The van der Waals surface area contributed by atoms with Crippen LogP contribution in [0.2, 0.25) is 0 Å². The smallest absolute Gasteiger partial charge is 0.330 e. The number of H-pyrrole nitrogens is 1. The van der Waals surface area contributed by atoms with Crippen molar-refractivity contribution in [3.05, 3.63) is 63.2 Å². The summed E-state index contributed by atoms with van der Waals surface area (Å²) in [4.78, 5) is 42.7. The second kappa shape index (κ2) is 10.3. The van der Waals surface area contributed by atoms with Crippen molar-refractivity contribution in [3.63, 3.8) is 0 Å². The molecule has 3 heterocycles. The molecule has 1 aliphatic heterocycles. The van der Waals surface area contributed by atoms with Crippen LogP contribution in [0.15, 0.2) is 46.4 Å². The number of aromatic amines is 1. The van der Waals surface area contributed by atoms with E-state index in [1.165, 1.54) is 13.1 Å². The van der Waals surface area contributed by atoms with E-state index in [0.29, 0.717) is 13.1 Å². The molecule has 0 spiro atoms. The second-order valence-electron chi connectivity index (χ2n) is 8.08. The third kappa shape index (κ3) is 4.94. The Morgan fingerprint density at radius 3 is 2.91 bits per heavy atom. The van der Waals surface area contributed by atoms with Gasteiger partial charge in [0, 0.05) is 31.3 Å². The van der Waals surface area contributed by atoms with Gasteiger partial charge in [0.05, 0.1) is 30.6 Å². The van der Waals surface area contributed by atoms with Crippen LogP contribution in [-0.2, 0) is 20.8 Å². The minimum atomic E-state index is -1.23. The van der Waals surface area contributed by atoms with Gasteiger partial charge in [0.2, 0.25) is 5.91 Å². The highest BCUT2D eigenvalue weighted by atomic mass is 16.6. The van der Waals surface area contributed by atoms with Crippen molar-refractivity contribution >= 4 is 16.9 Å². The van der Waals surface area contributed by atoms with E-state index >= 15 is 0 Å². The summed E-state index contributed by atoms with van der Waals surface area (Å²) in [5.74, 6) is -0.245. The number of para-hydroxylation sites is 2. The van der Waals surface area contributed by atoms with E-state index in [4.69, 9.17) is 9.47 Å². The van der Waals surface area contributed by atoms with E-state index in [1.807, 2.05) is 28.8 Å². The summed E-state index contributed by atoms with van der Waals surface area (Å²) in [6.45, 7) is 1.94. The summed E-state index contributed by atoms with van der Waals surface area (Å²) in [6.07, 6.45) is -1.26. The van der Waals surface area contributed by atoms with Gasteiger partial charge in [-0.25, -0.2) is 9.78 Å². The molecule has 4 atom stereocenters. The third-order valence-electron chi connectivity index (χ3n) is 5.75. The molecule has 0 radical (unpaired) electrons. The number of nitrogens with zero attached hydrogens (tertiary/aromatic N) is 3. The van der Waals surface area contributed by atoms with Crippen molar-refractivity contribution in [1.82, 2.24) is 24.4 Å². The molecule has 1 fully saturated rings. The minimum Gasteiger partial charge on any atom is -0.394 e. The zero-order valence-electron chi connectivity index (χ0n) is 18.6. The number of hydrogen-bond donors (Lipinski definition) is 4. The first-order chi connectivity index (χ1) is 16.4. The van der Waals surface area contributed by atoms with Gasteiger partial charge in [-0.3, -0.25) is 19.1 Å². The monoisotopic (exact) mass is 473 g/mol. The van der Waals surface area contributed by atoms with Crippen LogP contribution in [0.1, 0.15) is 18.2 Å². The molecular formula is C22H27N5O7. The number of carbonyl (C=O) groups is 1. The lowest BCUT2D eigenvalue weighted by atomic mass is 10.1. The molecule has 0 aliphatic carbocycles. The average molecular weight is 473 g/mol. The lowest BCUT2D eigenvalue weighted by molar-refractivity contribution is -0.124. The molecule has 12 nitrogen and oxygen atoms in total. The van der Waals surface area contributed by atoms with Crippen LogP contribution >= 0.6 is 0 Å². The number of nitrogens with one attached hydrogen (secondary N) is 2. The Bertz CT molecular complexity index is 1270. The number of hydrogen-bond acceptors (Lipinski definition) is 8. The van der Waals surface area contributed by atoms with Gasteiger partial charge in [0.25, 0.3) is 5.56 Å². The van der Waals surface area contributed by atoms with E-state index in [9.17, 15) is 24.6 Å². The predicted molar refractivity (Wildman–Crippen MR) is 120 cm³/mol. The van der Waals surface area contributed by atoms with Crippen molar-refractivity contribution in [2.75, 3.05) is 19.8 Å². The molecule has 1 aliphatic rings. The van der Waals surface area contributed by atoms with Gasteiger partial charge in [-0.2, -0.15) is 0 Å². The van der Waals surface area contributed by atoms with Gasteiger partial charge in [-0.05, 0) is 19.1 Å². The minimum absolute atomic E-state index is 0.0178. The maximum atomic E-state index is 12.3. The Morgan fingerprint density at radius 2 is 2.12 bits per heavy atom. The zero-order valence-corrected chi connectivity index (χ0v) is 18.6. The standard InChI is InChI=1S/C22H27N5O7/c1-13-10-27(22(32)25-20(13)31)21-19(18(30)16(11-28)34-21)33-9-6-17(29)23-7-8-26-12-24-14-4-2-3-5-15(14)26/h2-5,10,12,16,18-19,21,28,30H,6-9,11H2,1H3,(H,23,29)(H,25,31,32)/t16-,18?,19?,21-/m1/s1. The molecule has 1 aromatic carbocycles. The van der Waals surface area contributed by atoms with Crippen molar-refractivity contribution in [1.29, 1.82) is 0 Å². The van der Waals surface area contributed by atoms with Gasteiger partial charge >= 0.3 is 5.69 Å². The number of carbonyl (C=O) groups excluding carboxylic acids is 1. The SMILES string of the molecule is Cc1cn([C@@H]2O[C@H](CO)C(O)C2OCCC(=O)NCCn2cnc3ccccc32)c(=O)[nH]c1=O. The normalized spacial score (nSPS) is 22.3.